The van der Waals surface area contributed by atoms with Gasteiger partial charge >= 0.3 is 0 Å². The highest BCUT2D eigenvalue weighted by Gasteiger charge is 2.53. The van der Waals surface area contributed by atoms with Crippen LogP contribution in [0.2, 0.25) is 0 Å². The van der Waals surface area contributed by atoms with Crippen molar-refractivity contribution in [1.29, 1.82) is 5.26 Å². The molecule has 1 saturated carbocycles. The second kappa shape index (κ2) is 4.16. The molecule has 2 aliphatic rings. The molecule has 17 heavy (non-hydrogen) atoms. The molecule has 0 bridgehead atoms. The molecule has 1 unspecified atom stereocenters. The van der Waals surface area contributed by atoms with Gasteiger partial charge in [-0.3, -0.25) is 4.90 Å². The quantitative estimate of drug-likeness (QED) is 0.792. The Morgan fingerprint density at radius 3 is 2.71 bits per heavy atom. The lowest BCUT2D eigenvalue weighted by Crippen LogP contribution is -2.35. The van der Waals surface area contributed by atoms with Gasteiger partial charge in [0.15, 0.2) is 0 Å². The molecule has 2 fully saturated rings. The summed E-state index contributed by atoms with van der Waals surface area (Å²) in [6.45, 7) is 2.16. The van der Waals surface area contributed by atoms with Crippen molar-refractivity contribution in [2.45, 2.75) is 38.3 Å². The number of hydrogen-bond donors (Lipinski definition) is 0. The van der Waals surface area contributed by atoms with Gasteiger partial charge in [-0.15, -0.1) is 0 Å². The molecule has 88 valence electrons. The van der Waals surface area contributed by atoms with Crippen LogP contribution in [0.1, 0.15) is 31.2 Å². The highest BCUT2D eigenvalue weighted by atomic mass is 15.2. The van der Waals surface area contributed by atoms with Crippen molar-refractivity contribution in [2.75, 3.05) is 6.54 Å². The Morgan fingerprint density at radius 2 is 2.06 bits per heavy atom. The highest BCUT2D eigenvalue weighted by Crippen LogP contribution is 2.52. The summed E-state index contributed by atoms with van der Waals surface area (Å²) in [5.41, 5.74) is 1.37. The van der Waals surface area contributed by atoms with Crippen LogP contribution in [0.4, 0.5) is 0 Å². The van der Waals surface area contributed by atoms with Gasteiger partial charge in [0.25, 0.3) is 0 Å². The number of rotatable bonds is 3. The maximum Gasteiger partial charge on any atom is 0.0730 e. The Morgan fingerprint density at radius 1 is 1.29 bits per heavy atom. The van der Waals surface area contributed by atoms with Crippen LogP contribution in [0.25, 0.3) is 0 Å². The van der Waals surface area contributed by atoms with E-state index in [1.807, 2.05) is 0 Å². The second-order valence-corrected chi connectivity index (χ2v) is 5.38. The van der Waals surface area contributed by atoms with E-state index in [-0.39, 0.29) is 5.41 Å². The molecular formula is C15H18N2. The molecule has 1 saturated heterocycles. The van der Waals surface area contributed by atoms with E-state index in [4.69, 9.17) is 0 Å². The van der Waals surface area contributed by atoms with Crippen LogP contribution in [-0.4, -0.2) is 17.5 Å². The van der Waals surface area contributed by atoms with Gasteiger partial charge in [-0.05, 0) is 37.8 Å². The number of hydrogen-bond acceptors (Lipinski definition) is 2. The fourth-order valence-corrected chi connectivity index (χ4v) is 3.11. The number of likely N-dealkylation sites (tertiary alicyclic amines) is 1. The monoisotopic (exact) mass is 226 g/mol. The standard InChI is InChI=1S/C15H18N2/c16-12-15(8-9-15)14-7-4-10-17(14)11-13-5-2-1-3-6-13/h1-3,5-6,14H,4,7-11H2. The Labute approximate surface area is 103 Å². The first-order valence-corrected chi connectivity index (χ1v) is 6.53. The molecule has 0 spiro atoms. The molecule has 1 heterocycles. The number of nitriles is 1. The third kappa shape index (κ3) is 1.96. The predicted molar refractivity (Wildman–Crippen MR) is 67.2 cm³/mol. The van der Waals surface area contributed by atoms with Gasteiger partial charge in [0.05, 0.1) is 11.5 Å². The Bertz CT molecular complexity index is 428. The zero-order chi connectivity index (χ0) is 11.7. The smallest absolute Gasteiger partial charge is 0.0730 e. The molecule has 2 heteroatoms. The summed E-state index contributed by atoms with van der Waals surface area (Å²) in [5.74, 6) is 0. The lowest BCUT2D eigenvalue weighted by Gasteiger charge is -2.28. The van der Waals surface area contributed by atoms with Crippen LogP contribution in [0.3, 0.4) is 0 Å². The largest absolute Gasteiger partial charge is 0.295 e. The predicted octanol–water partition coefficient (Wildman–Crippen LogP) is 2.95. The Kier molecular flexibility index (Phi) is 2.64. The number of benzene rings is 1. The molecule has 1 aromatic rings. The minimum absolute atomic E-state index is 0.00524. The van der Waals surface area contributed by atoms with E-state index < -0.39 is 0 Å². The number of nitrogens with zero attached hydrogens (tertiary/aromatic N) is 2. The SMILES string of the molecule is N#CC1(C2CCCN2Cc2ccccc2)CC1. The van der Waals surface area contributed by atoms with Gasteiger partial charge in [-0.1, -0.05) is 30.3 Å². The van der Waals surface area contributed by atoms with E-state index in [0.717, 1.165) is 25.9 Å². The summed E-state index contributed by atoms with van der Waals surface area (Å²) >= 11 is 0. The lowest BCUT2D eigenvalue weighted by atomic mass is 9.95. The van der Waals surface area contributed by atoms with E-state index in [0.29, 0.717) is 6.04 Å². The molecule has 2 nitrogen and oxygen atoms in total. The van der Waals surface area contributed by atoms with Crippen LogP contribution in [0.15, 0.2) is 30.3 Å². The van der Waals surface area contributed by atoms with Crippen molar-refractivity contribution >= 4 is 0 Å². The first-order chi connectivity index (χ1) is 8.34. The molecule has 0 N–H and O–H groups in total. The summed E-state index contributed by atoms with van der Waals surface area (Å²) in [5, 5.41) is 9.32. The van der Waals surface area contributed by atoms with Crippen LogP contribution in [0, 0.1) is 16.7 Å². The molecule has 1 aliphatic heterocycles. The van der Waals surface area contributed by atoms with E-state index in [9.17, 15) is 5.26 Å². The van der Waals surface area contributed by atoms with E-state index >= 15 is 0 Å². The first-order valence-electron chi connectivity index (χ1n) is 6.53. The summed E-state index contributed by atoms with van der Waals surface area (Å²) in [6, 6.07) is 13.7. The minimum atomic E-state index is 0.00524. The lowest BCUT2D eigenvalue weighted by molar-refractivity contribution is 0.196. The van der Waals surface area contributed by atoms with Gasteiger partial charge in [0, 0.05) is 12.6 Å². The topological polar surface area (TPSA) is 27.0 Å². The van der Waals surface area contributed by atoms with Gasteiger partial charge in [-0.2, -0.15) is 5.26 Å². The van der Waals surface area contributed by atoms with Gasteiger partial charge in [-0.25, -0.2) is 0 Å². The average Bonchev–Trinajstić information content (AvgIpc) is 3.04. The fraction of sp³-hybridized carbons (Fsp3) is 0.533. The zero-order valence-electron chi connectivity index (χ0n) is 10.1. The van der Waals surface area contributed by atoms with Crippen LogP contribution < -0.4 is 0 Å². The fourth-order valence-electron chi connectivity index (χ4n) is 3.11. The van der Waals surface area contributed by atoms with Crippen LogP contribution >= 0.6 is 0 Å². The molecule has 0 radical (unpaired) electrons. The van der Waals surface area contributed by atoms with Crippen molar-refractivity contribution in [3.63, 3.8) is 0 Å². The second-order valence-electron chi connectivity index (χ2n) is 5.38. The van der Waals surface area contributed by atoms with E-state index in [1.54, 1.807) is 0 Å². The molecule has 1 aromatic carbocycles. The Hall–Kier alpha value is -1.33. The molecular weight excluding hydrogens is 208 g/mol. The Balaban J connectivity index is 1.73. The minimum Gasteiger partial charge on any atom is -0.295 e. The van der Waals surface area contributed by atoms with E-state index in [1.165, 1.54) is 18.4 Å². The summed E-state index contributed by atoms with van der Waals surface area (Å²) in [6.07, 6.45) is 4.68. The summed E-state index contributed by atoms with van der Waals surface area (Å²) in [4.78, 5) is 2.52. The molecule has 1 atom stereocenters. The summed E-state index contributed by atoms with van der Waals surface area (Å²) < 4.78 is 0. The zero-order valence-corrected chi connectivity index (χ0v) is 10.1. The van der Waals surface area contributed by atoms with E-state index in [2.05, 4.69) is 41.3 Å². The van der Waals surface area contributed by atoms with Crippen LogP contribution in [-0.2, 0) is 6.54 Å². The van der Waals surface area contributed by atoms with Crippen molar-refractivity contribution in [3.8, 4) is 6.07 Å². The van der Waals surface area contributed by atoms with Crippen molar-refractivity contribution in [2.24, 2.45) is 5.41 Å². The third-order valence-electron chi connectivity index (χ3n) is 4.24. The molecule has 0 aromatic heterocycles. The van der Waals surface area contributed by atoms with Crippen molar-refractivity contribution < 1.29 is 0 Å². The molecule has 3 rings (SSSR count). The van der Waals surface area contributed by atoms with Crippen molar-refractivity contribution in [1.82, 2.24) is 4.90 Å². The van der Waals surface area contributed by atoms with Gasteiger partial charge in [0.2, 0.25) is 0 Å². The molecule has 1 aliphatic carbocycles. The maximum atomic E-state index is 9.32. The highest BCUT2D eigenvalue weighted by molar-refractivity contribution is 5.19. The molecule has 0 amide bonds. The van der Waals surface area contributed by atoms with Crippen LogP contribution in [0.5, 0.6) is 0 Å². The normalized spacial score (nSPS) is 26.6. The summed E-state index contributed by atoms with van der Waals surface area (Å²) in [7, 11) is 0. The third-order valence-corrected chi connectivity index (χ3v) is 4.24. The van der Waals surface area contributed by atoms with Gasteiger partial charge in [0.1, 0.15) is 0 Å². The van der Waals surface area contributed by atoms with Crippen molar-refractivity contribution in [3.05, 3.63) is 35.9 Å². The first kappa shape index (κ1) is 10.8. The maximum absolute atomic E-state index is 9.32. The van der Waals surface area contributed by atoms with Gasteiger partial charge < -0.3 is 0 Å². The average molecular weight is 226 g/mol.